The molecule has 7 heteroatoms. The third-order valence-electron chi connectivity index (χ3n) is 7.52. The molecule has 0 aliphatic heterocycles. The van der Waals surface area contributed by atoms with Crippen molar-refractivity contribution in [2.75, 3.05) is 6.61 Å². The molecule has 0 radical (unpaired) electrons. The number of hydrogen-bond donors (Lipinski definition) is 0. The van der Waals surface area contributed by atoms with E-state index in [9.17, 15) is 22.0 Å². The van der Waals surface area contributed by atoms with Gasteiger partial charge in [-0.2, -0.15) is 13.2 Å². The molecule has 1 aliphatic rings. The highest BCUT2D eigenvalue weighted by Gasteiger charge is 2.30. The van der Waals surface area contributed by atoms with Crippen LogP contribution in [0.5, 0.6) is 5.75 Å². The van der Waals surface area contributed by atoms with Crippen LogP contribution in [0.25, 0.3) is 10.8 Å². The van der Waals surface area contributed by atoms with Gasteiger partial charge < -0.3 is 4.74 Å². The average Bonchev–Trinajstić information content (AvgIpc) is 2.91. The van der Waals surface area contributed by atoms with E-state index in [0.717, 1.165) is 47.8 Å². The first-order valence-corrected chi connectivity index (χ1v) is 13.7. The number of aryl methyl sites for hydroxylation is 1. The topological polar surface area (TPSA) is 9.23 Å². The summed E-state index contributed by atoms with van der Waals surface area (Å²) in [6.07, 6.45) is 9.25. The van der Waals surface area contributed by atoms with Crippen molar-refractivity contribution in [2.45, 2.75) is 64.5 Å². The van der Waals surface area contributed by atoms with Crippen LogP contribution in [0.3, 0.4) is 0 Å². The molecule has 3 aromatic carbocycles. The van der Waals surface area contributed by atoms with Gasteiger partial charge in [0.25, 0.3) is 0 Å². The lowest BCUT2D eigenvalue weighted by Crippen LogP contribution is -2.20. The molecule has 1 aliphatic carbocycles. The van der Waals surface area contributed by atoms with Crippen molar-refractivity contribution in [1.82, 2.24) is 0 Å². The van der Waals surface area contributed by atoms with Crippen molar-refractivity contribution in [3.63, 3.8) is 0 Å². The number of hydrogen-bond acceptors (Lipinski definition) is 1. The summed E-state index contributed by atoms with van der Waals surface area (Å²) in [4.78, 5) is 0. The fraction of sp³-hybridized carbons (Fsp3) is 0.394. The Morgan fingerprint density at radius 1 is 0.875 bits per heavy atom. The Morgan fingerprint density at radius 3 is 2.20 bits per heavy atom. The number of fused-ring (bicyclic) bond motifs is 1. The molecule has 0 saturated heterocycles. The third-order valence-corrected chi connectivity index (χ3v) is 7.52. The maximum absolute atomic E-state index is 15.2. The van der Waals surface area contributed by atoms with E-state index >= 15 is 4.39 Å². The molecule has 0 spiro atoms. The fourth-order valence-corrected chi connectivity index (χ4v) is 5.34. The number of halogens is 6. The van der Waals surface area contributed by atoms with Gasteiger partial charge in [0.05, 0.1) is 5.56 Å². The Hall–Kier alpha value is -3.40. The van der Waals surface area contributed by atoms with Crippen molar-refractivity contribution in [2.24, 2.45) is 11.8 Å². The zero-order chi connectivity index (χ0) is 28.7. The zero-order valence-electron chi connectivity index (χ0n) is 22.4. The maximum Gasteiger partial charge on any atom is 0.422 e. The lowest BCUT2D eigenvalue weighted by molar-refractivity contribution is -0.154. The van der Waals surface area contributed by atoms with Gasteiger partial charge in [0.2, 0.25) is 0 Å². The third kappa shape index (κ3) is 8.06. The van der Waals surface area contributed by atoms with Crippen LogP contribution in [0, 0.1) is 41.1 Å². The summed E-state index contributed by atoms with van der Waals surface area (Å²) in [5, 5.41) is 1.14. The van der Waals surface area contributed by atoms with E-state index < -0.39 is 36.0 Å². The molecule has 40 heavy (non-hydrogen) atoms. The van der Waals surface area contributed by atoms with Crippen LogP contribution in [0.2, 0.25) is 0 Å². The normalized spacial score (nSPS) is 17.7. The maximum atomic E-state index is 15.2. The van der Waals surface area contributed by atoms with Crippen LogP contribution in [0.15, 0.2) is 54.6 Å². The fourth-order valence-electron chi connectivity index (χ4n) is 5.34. The first kappa shape index (κ1) is 29.6. The highest BCUT2D eigenvalue weighted by Crippen LogP contribution is 2.34. The highest BCUT2D eigenvalue weighted by atomic mass is 19.4. The van der Waals surface area contributed by atoms with Crippen LogP contribution < -0.4 is 4.74 Å². The molecular formula is C33H32F6O. The smallest absolute Gasteiger partial charge is 0.422 e. The van der Waals surface area contributed by atoms with Crippen LogP contribution in [0.4, 0.5) is 26.3 Å². The standard InChI is InChI=1S/C33H32F6O/c1-2-3-4-5-22-6-8-23(9-7-22)10-11-24-13-17-28-27(18-24)16-15-26(31(28)36)14-12-25-19-29(34)32(30(35)20-25)40-21-33(37,38)39/h2-3,13,15-20,22-23H,4-11,21H2,1H3/b3-2+. The van der Waals surface area contributed by atoms with E-state index in [1.165, 1.54) is 44.6 Å². The van der Waals surface area contributed by atoms with E-state index in [1.54, 1.807) is 12.1 Å². The second-order valence-corrected chi connectivity index (χ2v) is 10.5. The Bertz CT molecular complexity index is 1380. The van der Waals surface area contributed by atoms with Crippen molar-refractivity contribution in [3.05, 3.63) is 88.8 Å². The van der Waals surface area contributed by atoms with Crippen molar-refractivity contribution in [1.29, 1.82) is 0 Å². The molecule has 0 bridgehead atoms. The minimum Gasteiger partial charge on any atom is -0.478 e. The van der Waals surface area contributed by atoms with Crippen LogP contribution in [-0.2, 0) is 6.42 Å². The SMILES string of the molecule is C/C=C/CCC1CCC(CCc2ccc3c(F)c(C#Cc4cc(F)c(OCC(F)(F)F)c(F)c4)ccc3c2)CC1. The molecule has 0 N–H and O–H groups in total. The Kier molecular flexibility index (Phi) is 9.84. The average molecular weight is 559 g/mol. The van der Waals surface area contributed by atoms with E-state index in [1.807, 2.05) is 12.1 Å². The first-order valence-electron chi connectivity index (χ1n) is 13.7. The Morgan fingerprint density at radius 2 is 1.55 bits per heavy atom. The second-order valence-electron chi connectivity index (χ2n) is 10.5. The molecule has 4 rings (SSSR count). The Balaban J connectivity index is 1.39. The molecule has 0 unspecified atom stereocenters. The van der Waals surface area contributed by atoms with Crippen molar-refractivity contribution < 1.29 is 31.1 Å². The number of rotatable bonds is 8. The molecule has 212 valence electrons. The van der Waals surface area contributed by atoms with Crippen LogP contribution >= 0.6 is 0 Å². The summed E-state index contributed by atoms with van der Waals surface area (Å²) < 4.78 is 84.5. The van der Waals surface area contributed by atoms with Crippen LogP contribution in [0.1, 0.15) is 68.6 Å². The Labute approximate surface area is 231 Å². The second kappa shape index (κ2) is 13.3. The molecule has 1 nitrogen and oxygen atoms in total. The molecule has 0 amide bonds. The van der Waals surface area contributed by atoms with Gasteiger partial charge in [-0.25, -0.2) is 13.2 Å². The molecule has 0 atom stereocenters. The van der Waals surface area contributed by atoms with E-state index in [-0.39, 0.29) is 11.1 Å². The molecule has 0 heterocycles. The molecular weight excluding hydrogens is 526 g/mol. The summed E-state index contributed by atoms with van der Waals surface area (Å²) in [5.74, 6) is 2.29. The number of alkyl halides is 3. The van der Waals surface area contributed by atoms with Gasteiger partial charge in [-0.1, -0.05) is 73.9 Å². The molecule has 1 saturated carbocycles. The summed E-state index contributed by atoms with van der Waals surface area (Å²) in [6, 6.07) is 10.4. The number of benzene rings is 3. The van der Waals surface area contributed by atoms with E-state index in [2.05, 4.69) is 35.7 Å². The van der Waals surface area contributed by atoms with Gasteiger partial charge in [-0.05, 0) is 73.6 Å². The minimum absolute atomic E-state index is 0.0460. The van der Waals surface area contributed by atoms with Gasteiger partial charge in [-0.15, -0.1) is 0 Å². The predicted molar refractivity (Wildman–Crippen MR) is 146 cm³/mol. The van der Waals surface area contributed by atoms with Gasteiger partial charge in [0.15, 0.2) is 24.0 Å². The predicted octanol–water partition coefficient (Wildman–Crippen LogP) is 9.69. The van der Waals surface area contributed by atoms with Crippen LogP contribution in [-0.4, -0.2) is 12.8 Å². The number of ether oxygens (including phenoxy) is 1. The lowest BCUT2D eigenvalue weighted by atomic mass is 9.78. The molecule has 3 aromatic rings. The summed E-state index contributed by atoms with van der Waals surface area (Å²) in [7, 11) is 0. The largest absolute Gasteiger partial charge is 0.478 e. The van der Waals surface area contributed by atoms with Crippen molar-refractivity contribution in [3.8, 4) is 17.6 Å². The van der Waals surface area contributed by atoms with E-state index in [0.29, 0.717) is 5.39 Å². The molecule has 1 fully saturated rings. The van der Waals surface area contributed by atoms with Gasteiger partial charge in [0, 0.05) is 10.9 Å². The molecule has 0 aromatic heterocycles. The van der Waals surface area contributed by atoms with Crippen molar-refractivity contribution >= 4 is 10.8 Å². The quantitative estimate of drug-likeness (QED) is 0.152. The van der Waals surface area contributed by atoms with Gasteiger partial charge in [-0.3, -0.25) is 0 Å². The lowest BCUT2D eigenvalue weighted by Gasteiger charge is -2.28. The van der Waals surface area contributed by atoms with E-state index in [4.69, 9.17) is 0 Å². The first-order chi connectivity index (χ1) is 19.1. The minimum atomic E-state index is -4.74. The summed E-state index contributed by atoms with van der Waals surface area (Å²) in [5.41, 5.74) is 1.04. The summed E-state index contributed by atoms with van der Waals surface area (Å²) >= 11 is 0. The zero-order valence-corrected chi connectivity index (χ0v) is 22.4. The highest BCUT2D eigenvalue weighted by molar-refractivity contribution is 5.85. The summed E-state index contributed by atoms with van der Waals surface area (Å²) in [6.45, 7) is 0.237. The van der Waals surface area contributed by atoms with Gasteiger partial charge >= 0.3 is 6.18 Å². The van der Waals surface area contributed by atoms with Gasteiger partial charge in [0.1, 0.15) is 5.82 Å². The number of allylic oxidation sites excluding steroid dienone is 2. The monoisotopic (exact) mass is 558 g/mol.